The Balaban J connectivity index is 1.72. The predicted octanol–water partition coefficient (Wildman–Crippen LogP) is 7.29. The Labute approximate surface area is 185 Å². The molecule has 2 unspecified atom stereocenters. The number of carbonyl (C=O) groups excluding carboxylic acids is 1. The molecule has 0 radical (unpaired) electrons. The van der Waals surface area contributed by atoms with Gasteiger partial charge in [-0.05, 0) is 72.1 Å². The highest BCUT2D eigenvalue weighted by molar-refractivity contribution is 5.86. The van der Waals surface area contributed by atoms with Crippen LogP contribution in [0.1, 0.15) is 66.1 Å². The van der Waals surface area contributed by atoms with E-state index < -0.39 is 0 Å². The summed E-state index contributed by atoms with van der Waals surface area (Å²) in [6, 6.07) is 22.3. The summed E-state index contributed by atoms with van der Waals surface area (Å²) >= 11 is 0. The molecule has 0 spiro atoms. The van der Waals surface area contributed by atoms with E-state index in [4.69, 9.17) is 4.74 Å². The number of hydrogen-bond donors (Lipinski definition) is 1. The van der Waals surface area contributed by atoms with Crippen molar-refractivity contribution in [2.75, 3.05) is 5.32 Å². The maximum absolute atomic E-state index is 11.5. The van der Waals surface area contributed by atoms with Gasteiger partial charge in [0.25, 0.3) is 0 Å². The molecular weight excluding hydrogens is 382 g/mol. The number of para-hydroxylation sites is 1. The number of benzene rings is 3. The minimum Gasteiger partial charge on any atom is -0.487 e. The third-order valence-electron chi connectivity index (χ3n) is 6.55. The molecule has 0 aromatic heterocycles. The van der Waals surface area contributed by atoms with Gasteiger partial charge in [0.1, 0.15) is 12.4 Å². The van der Waals surface area contributed by atoms with Gasteiger partial charge in [-0.2, -0.15) is 0 Å². The van der Waals surface area contributed by atoms with E-state index in [9.17, 15) is 4.79 Å². The van der Waals surface area contributed by atoms with Gasteiger partial charge in [0.2, 0.25) is 0 Å². The summed E-state index contributed by atoms with van der Waals surface area (Å²) in [5.74, 6) is 2.15. The number of aldehydes is 1. The van der Waals surface area contributed by atoms with Crippen molar-refractivity contribution in [2.45, 2.75) is 52.1 Å². The molecule has 0 saturated heterocycles. The highest BCUT2D eigenvalue weighted by atomic mass is 16.5. The van der Waals surface area contributed by atoms with Crippen molar-refractivity contribution in [3.63, 3.8) is 0 Å². The molecule has 3 nitrogen and oxygen atoms in total. The van der Waals surface area contributed by atoms with Gasteiger partial charge in [-0.3, -0.25) is 4.79 Å². The fourth-order valence-electron chi connectivity index (χ4n) is 4.85. The Kier molecular flexibility index (Phi) is 6.71. The van der Waals surface area contributed by atoms with E-state index in [-0.39, 0.29) is 0 Å². The SMILES string of the molecule is CCC1CCc2cc(Nc3ccccc3C=O)c(OCc3ccccc3)cc2C1CC. The van der Waals surface area contributed by atoms with E-state index in [1.807, 2.05) is 42.5 Å². The molecule has 2 atom stereocenters. The quantitative estimate of drug-likeness (QED) is 0.394. The summed E-state index contributed by atoms with van der Waals surface area (Å²) in [4.78, 5) is 11.5. The molecule has 160 valence electrons. The topological polar surface area (TPSA) is 38.3 Å². The first-order valence-electron chi connectivity index (χ1n) is 11.4. The fourth-order valence-corrected chi connectivity index (χ4v) is 4.85. The van der Waals surface area contributed by atoms with Crippen LogP contribution in [0.2, 0.25) is 0 Å². The highest BCUT2D eigenvalue weighted by Gasteiger charge is 2.28. The summed E-state index contributed by atoms with van der Waals surface area (Å²) in [5.41, 5.74) is 6.34. The summed E-state index contributed by atoms with van der Waals surface area (Å²) in [7, 11) is 0. The molecular formula is C28H31NO2. The zero-order valence-corrected chi connectivity index (χ0v) is 18.4. The van der Waals surface area contributed by atoms with Crippen LogP contribution in [-0.2, 0) is 13.0 Å². The molecule has 1 N–H and O–H groups in total. The lowest BCUT2D eigenvalue weighted by molar-refractivity contribution is 0.112. The molecule has 0 aliphatic heterocycles. The van der Waals surface area contributed by atoms with Crippen LogP contribution in [0, 0.1) is 5.92 Å². The van der Waals surface area contributed by atoms with Crippen molar-refractivity contribution < 1.29 is 9.53 Å². The summed E-state index contributed by atoms with van der Waals surface area (Å²) in [5, 5.41) is 3.48. The van der Waals surface area contributed by atoms with Gasteiger partial charge < -0.3 is 10.1 Å². The lowest BCUT2D eigenvalue weighted by Gasteiger charge is -2.33. The van der Waals surface area contributed by atoms with Crippen molar-refractivity contribution in [1.29, 1.82) is 0 Å². The van der Waals surface area contributed by atoms with Gasteiger partial charge in [0.15, 0.2) is 6.29 Å². The van der Waals surface area contributed by atoms with E-state index in [1.54, 1.807) is 0 Å². The zero-order valence-electron chi connectivity index (χ0n) is 18.4. The highest BCUT2D eigenvalue weighted by Crippen LogP contribution is 2.44. The number of rotatable bonds is 8. The maximum Gasteiger partial charge on any atom is 0.152 e. The van der Waals surface area contributed by atoms with Gasteiger partial charge in [0.05, 0.1) is 5.69 Å². The first kappa shape index (κ1) is 21.2. The second-order valence-electron chi connectivity index (χ2n) is 8.37. The summed E-state index contributed by atoms with van der Waals surface area (Å²) < 4.78 is 6.35. The van der Waals surface area contributed by atoms with Crippen molar-refractivity contribution in [2.24, 2.45) is 5.92 Å². The van der Waals surface area contributed by atoms with E-state index in [0.29, 0.717) is 18.1 Å². The van der Waals surface area contributed by atoms with Gasteiger partial charge in [-0.1, -0.05) is 62.7 Å². The molecule has 3 aromatic carbocycles. The zero-order chi connectivity index (χ0) is 21.6. The Bertz CT molecular complexity index is 1030. The van der Waals surface area contributed by atoms with Crippen LogP contribution in [0.5, 0.6) is 5.75 Å². The van der Waals surface area contributed by atoms with Crippen LogP contribution in [-0.4, -0.2) is 6.29 Å². The second-order valence-corrected chi connectivity index (χ2v) is 8.37. The number of fused-ring (bicyclic) bond motifs is 1. The average Bonchev–Trinajstić information content (AvgIpc) is 2.82. The normalized spacial score (nSPS) is 17.6. The molecule has 0 saturated carbocycles. The Morgan fingerprint density at radius 3 is 2.48 bits per heavy atom. The Morgan fingerprint density at radius 1 is 0.968 bits per heavy atom. The van der Waals surface area contributed by atoms with Crippen LogP contribution < -0.4 is 10.1 Å². The van der Waals surface area contributed by atoms with Crippen molar-refractivity contribution in [3.8, 4) is 5.75 Å². The second kappa shape index (κ2) is 9.82. The maximum atomic E-state index is 11.5. The molecule has 3 aromatic rings. The van der Waals surface area contributed by atoms with Gasteiger partial charge in [-0.25, -0.2) is 0 Å². The molecule has 0 fully saturated rings. The van der Waals surface area contributed by atoms with Gasteiger partial charge >= 0.3 is 0 Å². The molecule has 31 heavy (non-hydrogen) atoms. The van der Waals surface area contributed by atoms with Crippen LogP contribution in [0.3, 0.4) is 0 Å². The predicted molar refractivity (Wildman–Crippen MR) is 127 cm³/mol. The van der Waals surface area contributed by atoms with Crippen LogP contribution >= 0.6 is 0 Å². The molecule has 3 heteroatoms. The Hall–Kier alpha value is -3.07. The lowest BCUT2D eigenvalue weighted by atomic mass is 9.72. The average molecular weight is 414 g/mol. The van der Waals surface area contributed by atoms with E-state index in [1.165, 1.54) is 24.0 Å². The minimum absolute atomic E-state index is 0.512. The van der Waals surface area contributed by atoms with Gasteiger partial charge in [-0.15, -0.1) is 0 Å². The number of carbonyl (C=O) groups is 1. The molecule has 4 rings (SSSR count). The first-order chi connectivity index (χ1) is 15.2. The van der Waals surface area contributed by atoms with Crippen LogP contribution in [0.4, 0.5) is 11.4 Å². The largest absolute Gasteiger partial charge is 0.487 e. The van der Waals surface area contributed by atoms with E-state index in [0.717, 1.165) is 47.7 Å². The van der Waals surface area contributed by atoms with Crippen LogP contribution in [0.15, 0.2) is 66.7 Å². The number of aryl methyl sites for hydroxylation is 1. The number of anilines is 2. The lowest BCUT2D eigenvalue weighted by Crippen LogP contribution is -2.20. The van der Waals surface area contributed by atoms with E-state index >= 15 is 0 Å². The molecule has 0 bridgehead atoms. The summed E-state index contributed by atoms with van der Waals surface area (Å²) in [6.07, 6.45) is 5.57. The van der Waals surface area contributed by atoms with Crippen molar-refractivity contribution >= 4 is 17.7 Å². The van der Waals surface area contributed by atoms with Gasteiger partial charge in [0, 0.05) is 11.3 Å². The fraction of sp³-hybridized carbons (Fsp3) is 0.321. The third-order valence-corrected chi connectivity index (χ3v) is 6.55. The number of ether oxygens (including phenoxy) is 1. The number of hydrogen-bond acceptors (Lipinski definition) is 3. The third kappa shape index (κ3) is 4.66. The molecule has 0 heterocycles. The minimum atomic E-state index is 0.512. The van der Waals surface area contributed by atoms with Crippen molar-refractivity contribution in [1.82, 2.24) is 0 Å². The molecule has 1 aliphatic carbocycles. The van der Waals surface area contributed by atoms with Crippen molar-refractivity contribution in [3.05, 3.63) is 89.0 Å². The monoisotopic (exact) mass is 413 g/mol. The molecule has 0 amide bonds. The number of nitrogens with one attached hydrogen (secondary N) is 1. The molecule has 1 aliphatic rings. The smallest absolute Gasteiger partial charge is 0.152 e. The van der Waals surface area contributed by atoms with Crippen LogP contribution in [0.25, 0.3) is 0 Å². The van der Waals surface area contributed by atoms with E-state index in [2.05, 4.69) is 43.4 Å². The standard InChI is InChI=1S/C28H31NO2/c1-3-21-14-15-22-16-27(29-26-13-9-8-12-23(26)18-30)28(17-25(22)24(21)4-2)31-19-20-10-6-5-7-11-20/h5-13,16-18,21,24,29H,3-4,14-15,19H2,1-2H3. The first-order valence-corrected chi connectivity index (χ1v) is 11.4. The summed E-state index contributed by atoms with van der Waals surface area (Å²) in [6.45, 7) is 5.11. The Morgan fingerprint density at radius 2 is 1.74 bits per heavy atom.